The van der Waals surface area contributed by atoms with Crippen LogP contribution in [0.1, 0.15) is 23.7 Å². The number of fused-ring (bicyclic) bond motifs is 1. The summed E-state index contributed by atoms with van der Waals surface area (Å²) in [5.74, 6) is 0.199. The molecule has 0 saturated heterocycles. The lowest BCUT2D eigenvalue weighted by Gasteiger charge is -2.18. The maximum atomic E-state index is 11.9. The number of nitrogens with one attached hydrogen (secondary N) is 3. The molecule has 0 radical (unpaired) electrons. The molecule has 0 fully saturated rings. The molecule has 0 spiro atoms. The molecule has 0 atom stereocenters. The Morgan fingerprint density at radius 2 is 2.20 bits per heavy atom. The van der Waals surface area contributed by atoms with Gasteiger partial charge in [0.1, 0.15) is 5.75 Å². The normalized spacial score (nSPS) is 13.2. The minimum atomic E-state index is -0.184. The Labute approximate surface area is 117 Å². The predicted octanol–water partition coefficient (Wildman–Crippen LogP) is 0.747. The summed E-state index contributed by atoms with van der Waals surface area (Å²) in [6, 6.07) is 4.99. The first kappa shape index (κ1) is 14.3. The molecule has 1 aromatic rings. The first-order valence-corrected chi connectivity index (χ1v) is 6.76. The van der Waals surface area contributed by atoms with Crippen molar-refractivity contribution in [2.75, 3.05) is 31.6 Å². The number of carbonyl (C=O) groups is 2. The summed E-state index contributed by atoms with van der Waals surface area (Å²) in [6.45, 7) is 4.35. The summed E-state index contributed by atoms with van der Waals surface area (Å²) in [6.07, 6.45) is 1.07. The quantitative estimate of drug-likeness (QED) is 0.670. The molecule has 20 heavy (non-hydrogen) atoms. The Balaban J connectivity index is 1.89. The standard InChI is InChI=1S/C14H19N3O3/c1-2-5-15-6-7-16-14(19)10-3-4-11-12(8-10)20-9-13(18)17-11/h3-4,8,15H,2,5-7,9H2,1H3,(H,16,19)(H,17,18). The van der Waals surface area contributed by atoms with Gasteiger partial charge < -0.3 is 20.7 Å². The molecule has 1 heterocycles. The predicted molar refractivity (Wildman–Crippen MR) is 76.1 cm³/mol. The molecule has 0 saturated carbocycles. The van der Waals surface area contributed by atoms with Gasteiger partial charge in [0.15, 0.2) is 6.61 Å². The maximum absolute atomic E-state index is 11.9. The summed E-state index contributed by atoms with van der Waals surface area (Å²) in [4.78, 5) is 23.1. The van der Waals surface area contributed by atoms with Crippen LogP contribution in [0.2, 0.25) is 0 Å². The number of anilines is 1. The Bertz CT molecular complexity index is 502. The van der Waals surface area contributed by atoms with Crippen LogP contribution in [0.3, 0.4) is 0 Å². The molecular formula is C14H19N3O3. The van der Waals surface area contributed by atoms with Gasteiger partial charge in [-0.05, 0) is 31.2 Å². The van der Waals surface area contributed by atoms with E-state index in [0.29, 0.717) is 23.5 Å². The van der Waals surface area contributed by atoms with Crippen LogP contribution >= 0.6 is 0 Å². The summed E-state index contributed by atoms with van der Waals surface area (Å²) in [5.41, 5.74) is 1.12. The number of carbonyl (C=O) groups excluding carboxylic acids is 2. The Kier molecular flexibility index (Phi) is 4.95. The van der Waals surface area contributed by atoms with Crippen molar-refractivity contribution in [3.63, 3.8) is 0 Å². The number of amides is 2. The van der Waals surface area contributed by atoms with Gasteiger partial charge in [0.05, 0.1) is 5.69 Å². The number of hydrogen-bond donors (Lipinski definition) is 3. The van der Waals surface area contributed by atoms with E-state index >= 15 is 0 Å². The molecule has 0 aliphatic carbocycles. The van der Waals surface area contributed by atoms with Crippen LogP contribution in [0.25, 0.3) is 0 Å². The number of hydrogen-bond acceptors (Lipinski definition) is 4. The van der Waals surface area contributed by atoms with Crippen LogP contribution in [0, 0.1) is 0 Å². The summed E-state index contributed by atoms with van der Waals surface area (Å²) in [7, 11) is 0. The van der Waals surface area contributed by atoms with Gasteiger partial charge in [0.2, 0.25) is 0 Å². The van der Waals surface area contributed by atoms with Crippen LogP contribution < -0.4 is 20.7 Å². The molecule has 1 aliphatic heterocycles. The average Bonchev–Trinajstić information content (AvgIpc) is 2.46. The van der Waals surface area contributed by atoms with E-state index in [1.807, 2.05) is 0 Å². The van der Waals surface area contributed by atoms with E-state index < -0.39 is 0 Å². The van der Waals surface area contributed by atoms with Gasteiger partial charge in [-0.1, -0.05) is 6.92 Å². The van der Waals surface area contributed by atoms with Crippen molar-refractivity contribution in [3.8, 4) is 5.75 Å². The van der Waals surface area contributed by atoms with Crippen LogP contribution in [0.4, 0.5) is 5.69 Å². The van der Waals surface area contributed by atoms with E-state index in [-0.39, 0.29) is 18.4 Å². The van der Waals surface area contributed by atoms with Gasteiger partial charge in [-0.25, -0.2) is 0 Å². The molecule has 2 rings (SSSR count). The zero-order valence-corrected chi connectivity index (χ0v) is 11.5. The largest absolute Gasteiger partial charge is 0.482 e. The third kappa shape index (κ3) is 3.71. The molecule has 6 nitrogen and oxygen atoms in total. The topological polar surface area (TPSA) is 79.5 Å². The van der Waals surface area contributed by atoms with Crippen molar-refractivity contribution in [2.45, 2.75) is 13.3 Å². The van der Waals surface area contributed by atoms with E-state index in [9.17, 15) is 9.59 Å². The van der Waals surface area contributed by atoms with Gasteiger partial charge in [0, 0.05) is 18.7 Å². The van der Waals surface area contributed by atoms with Crippen LogP contribution in [0.15, 0.2) is 18.2 Å². The highest BCUT2D eigenvalue weighted by Gasteiger charge is 2.17. The Morgan fingerprint density at radius 1 is 1.35 bits per heavy atom. The van der Waals surface area contributed by atoms with Gasteiger partial charge in [-0.3, -0.25) is 9.59 Å². The van der Waals surface area contributed by atoms with Crippen LogP contribution in [-0.2, 0) is 4.79 Å². The third-order valence-electron chi connectivity index (χ3n) is 2.89. The van der Waals surface area contributed by atoms with Crippen molar-refractivity contribution in [2.24, 2.45) is 0 Å². The number of ether oxygens (including phenoxy) is 1. The van der Waals surface area contributed by atoms with Crippen molar-refractivity contribution in [3.05, 3.63) is 23.8 Å². The summed E-state index contributed by atoms with van der Waals surface area (Å²) in [5, 5.41) is 8.73. The van der Waals surface area contributed by atoms with Crippen molar-refractivity contribution >= 4 is 17.5 Å². The van der Waals surface area contributed by atoms with Crippen LogP contribution in [0.5, 0.6) is 5.75 Å². The minimum Gasteiger partial charge on any atom is -0.482 e. The summed E-state index contributed by atoms with van der Waals surface area (Å²) < 4.78 is 5.28. The van der Waals surface area contributed by atoms with Gasteiger partial charge in [-0.2, -0.15) is 0 Å². The fourth-order valence-electron chi connectivity index (χ4n) is 1.88. The zero-order valence-electron chi connectivity index (χ0n) is 11.5. The lowest BCUT2D eigenvalue weighted by atomic mass is 10.1. The molecule has 108 valence electrons. The fraction of sp³-hybridized carbons (Fsp3) is 0.429. The zero-order chi connectivity index (χ0) is 14.4. The van der Waals surface area contributed by atoms with E-state index in [0.717, 1.165) is 19.5 Å². The number of rotatable bonds is 6. The molecule has 0 unspecified atom stereocenters. The Morgan fingerprint density at radius 3 is 3.00 bits per heavy atom. The van der Waals surface area contributed by atoms with E-state index in [1.54, 1.807) is 18.2 Å². The second kappa shape index (κ2) is 6.91. The molecule has 3 N–H and O–H groups in total. The maximum Gasteiger partial charge on any atom is 0.262 e. The van der Waals surface area contributed by atoms with E-state index in [4.69, 9.17) is 4.74 Å². The molecular weight excluding hydrogens is 258 g/mol. The van der Waals surface area contributed by atoms with Gasteiger partial charge in [0.25, 0.3) is 11.8 Å². The van der Waals surface area contributed by atoms with Crippen molar-refractivity contribution in [1.82, 2.24) is 10.6 Å². The first-order chi connectivity index (χ1) is 9.70. The molecule has 0 aromatic heterocycles. The lowest BCUT2D eigenvalue weighted by molar-refractivity contribution is -0.118. The SMILES string of the molecule is CCCNCCNC(=O)c1ccc2c(c1)OCC(=O)N2. The van der Waals surface area contributed by atoms with Crippen molar-refractivity contribution in [1.29, 1.82) is 0 Å². The number of benzene rings is 1. The minimum absolute atomic E-state index is 0.0149. The van der Waals surface area contributed by atoms with Gasteiger partial charge >= 0.3 is 0 Å². The molecule has 1 aliphatic rings. The average molecular weight is 277 g/mol. The van der Waals surface area contributed by atoms with E-state index in [2.05, 4.69) is 22.9 Å². The second-order valence-corrected chi connectivity index (χ2v) is 4.55. The van der Waals surface area contributed by atoms with Crippen LogP contribution in [-0.4, -0.2) is 38.1 Å². The fourth-order valence-corrected chi connectivity index (χ4v) is 1.88. The molecule has 2 amide bonds. The summed E-state index contributed by atoms with van der Waals surface area (Å²) >= 11 is 0. The van der Waals surface area contributed by atoms with E-state index in [1.165, 1.54) is 0 Å². The smallest absolute Gasteiger partial charge is 0.262 e. The highest BCUT2D eigenvalue weighted by atomic mass is 16.5. The molecule has 1 aromatic carbocycles. The molecule has 0 bridgehead atoms. The Hall–Kier alpha value is -2.08. The third-order valence-corrected chi connectivity index (χ3v) is 2.89. The second-order valence-electron chi connectivity index (χ2n) is 4.55. The monoisotopic (exact) mass is 277 g/mol. The molecule has 6 heteroatoms. The lowest BCUT2D eigenvalue weighted by Crippen LogP contribution is -2.32. The van der Waals surface area contributed by atoms with Gasteiger partial charge in [-0.15, -0.1) is 0 Å². The first-order valence-electron chi connectivity index (χ1n) is 6.76. The highest BCUT2D eigenvalue weighted by Crippen LogP contribution is 2.28. The highest BCUT2D eigenvalue weighted by molar-refractivity contribution is 5.98. The van der Waals surface area contributed by atoms with Crippen molar-refractivity contribution < 1.29 is 14.3 Å².